The lowest BCUT2D eigenvalue weighted by atomic mass is 9.91. The zero-order chi connectivity index (χ0) is 23.2. The van der Waals surface area contributed by atoms with Gasteiger partial charge < -0.3 is 19.0 Å². The van der Waals surface area contributed by atoms with E-state index in [2.05, 4.69) is 40.2 Å². The Morgan fingerprint density at radius 1 is 1.18 bits per heavy atom. The van der Waals surface area contributed by atoms with Gasteiger partial charge in [-0.2, -0.15) is 0 Å². The Hall–Kier alpha value is -3.61. The lowest BCUT2D eigenvalue weighted by molar-refractivity contribution is -0.0913. The van der Waals surface area contributed by atoms with Gasteiger partial charge in [0.15, 0.2) is 5.84 Å². The molecule has 6 nitrogen and oxygen atoms in total. The van der Waals surface area contributed by atoms with Crippen LogP contribution in [0.4, 0.5) is 4.39 Å². The number of piperidine rings is 1. The number of halogens is 1. The Kier molecular flexibility index (Phi) is 5.19. The second kappa shape index (κ2) is 8.06. The topological polar surface area (TPSA) is 51.9 Å². The quantitative estimate of drug-likeness (QED) is 0.537. The van der Waals surface area contributed by atoms with Crippen LogP contribution >= 0.6 is 0 Å². The molecule has 0 N–H and O–H groups in total. The molecule has 0 spiro atoms. The fourth-order valence-corrected chi connectivity index (χ4v) is 4.67. The summed E-state index contributed by atoms with van der Waals surface area (Å²) in [5.41, 5.74) is 5.37. The van der Waals surface area contributed by atoms with Crippen LogP contribution in [0.5, 0.6) is 5.75 Å². The number of allylic oxidation sites excluding steroid dienone is 1. The average Bonchev–Trinajstić information content (AvgIpc) is 3.42. The molecule has 1 fully saturated rings. The van der Waals surface area contributed by atoms with Crippen LogP contribution in [-0.2, 0) is 10.6 Å². The maximum absolute atomic E-state index is 13.5. The SMILES string of the molecule is COc1cc(C(C)=C2CCCN3C2=NOC3(C)c2ccc(F)cc2)ccc1-n1cnc(C)c1. The van der Waals surface area contributed by atoms with E-state index in [1.165, 1.54) is 12.1 Å². The third-order valence-corrected chi connectivity index (χ3v) is 6.59. The first kappa shape index (κ1) is 21.2. The number of methoxy groups -OCH3 is 1. The number of benzene rings is 2. The minimum Gasteiger partial charge on any atom is -0.495 e. The molecule has 0 saturated carbocycles. The summed E-state index contributed by atoms with van der Waals surface area (Å²) in [5, 5.41) is 4.50. The summed E-state index contributed by atoms with van der Waals surface area (Å²) in [6.07, 6.45) is 5.66. The van der Waals surface area contributed by atoms with Gasteiger partial charge in [0.25, 0.3) is 0 Å². The molecule has 1 saturated heterocycles. The molecule has 0 radical (unpaired) electrons. The Bertz CT molecular complexity index is 1260. The van der Waals surface area contributed by atoms with Gasteiger partial charge in [-0.15, -0.1) is 0 Å². The normalized spacial score (nSPS) is 21.4. The lowest BCUT2D eigenvalue weighted by Crippen LogP contribution is -2.47. The fourth-order valence-electron chi connectivity index (χ4n) is 4.67. The van der Waals surface area contributed by atoms with Gasteiger partial charge in [0.2, 0.25) is 5.72 Å². The predicted octanol–water partition coefficient (Wildman–Crippen LogP) is 5.41. The second-order valence-corrected chi connectivity index (χ2v) is 8.66. The van der Waals surface area contributed by atoms with Gasteiger partial charge in [-0.25, -0.2) is 9.37 Å². The van der Waals surface area contributed by atoms with E-state index in [0.717, 1.165) is 64.6 Å². The van der Waals surface area contributed by atoms with Gasteiger partial charge in [0.1, 0.15) is 11.6 Å². The van der Waals surface area contributed by atoms with Crippen molar-refractivity contribution in [3.8, 4) is 11.4 Å². The smallest absolute Gasteiger partial charge is 0.234 e. The monoisotopic (exact) mass is 446 g/mol. The first-order valence-corrected chi connectivity index (χ1v) is 11.1. The van der Waals surface area contributed by atoms with Crippen LogP contribution in [0, 0.1) is 12.7 Å². The van der Waals surface area contributed by atoms with E-state index in [4.69, 9.17) is 9.57 Å². The van der Waals surface area contributed by atoms with Crippen molar-refractivity contribution in [3.05, 3.63) is 83.2 Å². The number of hydrogen-bond acceptors (Lipinski definition) is 5. The minimum atomic E-state index is -0.754. The number of aromatic nitrogens is 2. The van der Waals surface area contributed by atoms with Crippen molar-refractivity contribution in [2.24, 2.45) is 5.16 Å². The number of oxime groups is 1. The maximum atomic E-state index is 13.5. The summed E-state index contributed by atoms with van der Waals surface area (Å²) in [5.74, 6) is 1.36. The third kappa shape index (κ3) is 3.57. The van der Waals surface area contributed by atoms with Gasteiger partial charge in [-0.3, -0.25) is 0 Å². The highest BCUT2D eigenvalue weighted by Gasteiger charge is 2.46. The van der Waals surface area contributed by atoms with Gasteiger partial charge >= 0.3 is 0 Å². The molecule has 1 aromatic heterocycles. The molecule has 2 aliphatic heterocycles. The van der Waals surface area contributed by atoms with E-state index < -0.39 is 5.72 Å². The number of nitrogens with zero attached hydrogens (tertiary/aromatic N) is 4. The highest BCUT2D eigenvalue weighted by molar-refractivity contribution is 6.06. The van der Waals surface area contributed by atoms with Crippen LogP contribution in [-0.4, -0.2) is 33.9 Å². The molecule has 0 bridgehead atoms. The van der Waals surface area contributed by atoms with Crippen LogP contribution in [0.15, 0.2) is 65.7 Å². The van der Waals surface area contributed by atoms with E-state index in [1.54, 1.807) is 25.6 Å². The molecule has 1 unspecified atom stereocenters. The third-order valence-electron chi connectivity index (χ3n) is 6.59. The zero-order valence-electron chi connectivity index (χ0n) is 19.3. The molecular weight excluding hydrogens is 419 g/mol. The second-order valence-electron chi connectivity index (χ2n) is 8.66. The van der Waals surface area contributed by atoms with Crippen LogP contribution in [0.3, 0.4) is 0 Å². The molecule has 5 rings (SSSR count). The summed E-state index contributed by atoms with van der Waals surface area (Å²) >= 11 is 0. The average molecular weight is 447 g/mol. The molecule has 170 valence electrons. The van der Waals surface area contributed by atoms with Crippen LogP contribution < -0.4 is 4.74 Å². The Labute approximate surface area is 192 Å². The van der Waals surface area contributed by atoms with Gasteiger partial charge in [-0.05, 0) is 62.1 Å². The number of ether oxygens (including phenoxy) is 1. The van der Waals surface area contributed by atoms with E-state index >= 15 is 0 Å². The number of amidine groups is 1. The molecule has 1 atom stereocenters. The highest BCUT2D eigenvalue weighted by Crippen LogP contribution is 2.41. The summed E-state index contributed by atoms with van der Waals surface area (Å²) in [6.45, 7) is 6.89. The standard InChI is InChI=1S/C26H27FN4O2/c1-17-15-30(16-28-17)23-12-7-19(14-24(23)32-4)18(2)22-6-5-13-31-25(22)29-33-26(31,3)20-8-10-21(27)11-9-20/h7-12,14-16H,5-6,13H2,1-4H3. The van der Waals surface area contributed by atoms with Crippen molar-refractivity contribution in [2.45, 2.75) is 39.3 Å². The Balaban J connectivity index is 1.50. The molecule has 2 aromatic carbocycles. The van der Waals surface area contributed by atoms with Crippen molar-refractivity contribution in [3.63, 3.8) is 0 Å². The molecule has 3 aromatic rings. The minimum absolute atomic E-state index is 0.264. The summed E-state index contributed by atoms with van der Waals surface area (Å²) in [6, 6.07) is 12.7. The first-order valence-electron chi connectivity index (χ1n) is 11.1. The molecule has 33 heavy (non-hydrogen) atoms. The number of imidazole rings is 1. The van der Waals surface area contributed by atoms with Crippen molar-refractivity contribution in [1.29, 1.82) is 0 Å². The van der Waals surface area contributed by atoms with Crippen LogP contribution in [0.1, 0.15) is 43.5 Å². The van der Waals surface area contributed by atoms with Gasteiger partial charge in [0.05, 0.1) is 24.8 Å². The molecule has 3 heterocycles. The maximum Gasteiger partial charge on any atom is 0.234 e. The molecule has 0 aliphatic carbocycles. The van der Waals surface area contributed by atoms with E-state index in [1.807, 2.05) is 24.6 Å². The van der Waals surface area contributed by atoms with Crippen molar-refractivity contribution >= 4 is 11.4 Å². The zero-order valence-corrected chi connectivity index (χ0v) is 19.3. The number of fused-ring (bicyclic) bond motifs is 1. The van der Waals surface area contributed by atoms with E-state index in [0.29, 0.717) is 0 Å². The van der Waals surface area contributed by atoms with Gasteiger partial charge in [-0.1, -0.05) is 23.4 Å². The molecule has 7 heteroatoms. The van der Waals surface area contributed by atoms with Crippen LogP contribution in [0.25, 0.3) is 11.3 Å². The summed E-state index contributed by atoms with van der Waals surface area (Å²) < 4.78 is 21.2. The van der Waals surface area contributed by atoms with Crippen LogP contribution in [0.2, 0.25) is 0 Å². The summed E-state index contributed by atoms with van der Waals surface area (Å²) in [7, 11) is 1.68. The van der Waals surface area contributed by atoms with Crippen molar-refractivity contribution < 1.29 is 14.0 Å². The molecular formula is C26H27FN4O2. The van der Waals surface area contributed by atoms with Gasteiger partial charge in [0, 0.05) is 30.8 Å². The molecule has 0 amide bonds. The predicted molar refractivity (Wildman–Crippen MR) is 126 cm³/mol. The first-order chi connectivity index (χ1) is 15.9. The number of hydrogen-bond donors (Lipinski definition) is 0. The number of aryl methyl sites for hydroxylation is 1. The number of rotatable bonds is 4. The largest absolute Gasteiger partial charge is 0.495 e. The fraction of sp³-hybridized carbons (Fsp3) is 0.308. The van der Waals surface area contributed by atoms with Crippen molar-refractivity contribution in [1.82, 2.24) is 14.5 Å². The molecule has 2 aliphatic rings. The Morgan fingerprint density at radius 3 is 2.67 bits per heavy atom. The van der Waals surface area contributed by atoms with E-state index in [9.17, 15) is 4.39 Å². The lowest BCUT2D eigenvalue weighted by Gasteiger charge is -2.38. The van der Waals surface area contributed by atoms with E-state index in [-0.39, 0.29) is 5.82 Å². The van der Waals surface area contributed by atoms with Crippen molar-refractivity contribution in [2.75, 3.05) is 13.7 Å². The summed E-state index contributed by atoms with van der Waals surface area (Å²) in [4.78, 5) is 12.5. The Morgan fingerprint density at radius 2 is 1.97 bits per heavy atom. The highest BCUT2D eigenvalue weighted by atomic mass is 19.1.